The molecule has 1 aliphatic rings. The van der Waals surface area contributed by atoms with E-state index in [0.717, 1.165) is 29.4 Å². The molecule has 1 N–H and O–H groups in total. The van der Waals surface area contributed by atoms with Crippen LogP contribution >= 0.6 is 15.9 Å². The van der Waals surface area contributed by atoms with Crippen LogP contribution in [0.1, 0.15) is 25.1 Å². The largest absolute Gasteiger partial charge is 0.481 e. The molecule has 3 rings (SSSR count). The Hall–Kier alpha value is -1.34. The van der Waals surface area contributed by atoms with Crippen LogP contribution in [0.15, 0.2) is 27.6 Å². The van der Waals surface area contributed by atoms with Crippen molar-refractivity contribution in [2.45, 2.75) is 30.7 Å². The Morgan fingerprint density at radius 1 is 1.41 bits per heavy atom. The second-order valence-corrected chi connectivity index (χ2v) is 8.72. The zero-order chi connectivity index (χ0) is 16.2. The van der Waals surface area contributed by atoms with Gasteiger partial charge in [0, 0.05) is 27.9 Å². The van der Waals surface area contributed by atoms with E-state index in [0.29, 0.717) is 4.47 Å². The standard InChI is InChI=1S/C15H16BrNO4S/c1-8(15(18)19)13-4-3-10-5-9-6-11(22(2,20)21)7-12(16)14(9)17(10)13/h5-8,13H,3-4H2,1-2H3,(H,18,19). The second-order valence-electron chi connectivity index (χ2n) is 5.85. The summed E-state index contributed by atoms with van der Waals surface area (Å²) in [5.41, 5.74) is 1.93. The maximum atomic E-state index is 11.8. The number of rotatable bonds is 3. The predicted molar refractivity (Wildman–Crippen MR) is 86.9 cm³/mol. The number of hydrogen-bond acceptors (Lipinski definition) is 3. The first-order valence-corrected chi connectivity index (χ1v) is 9.65. The van der Waals surface area contributed by atoms with Crippen molar-refractivity contribution in [3.63, 3.8) is 0 Å². The van der Waals surface area contributed by atoms with E-state index in [-0.39, 0.29) is 10.9 Å². The van der Waals surface area contributed by atoms with Gasteiger partial charge in [-0.3, -0.25) is 4.79 Å². The highest BCUT2D eigenvalue weighted by molar-refractivity contribution is 9.10. The zero-order valence-corrected chi connectivity index (χ0v) is 14.6. The number of fused-ring (bicyclic) bond motifs is 3. The molecule has 1 aliphatic heterocycles. The first-order valence-electron chi connectivity index (χ1n) is 6.96. The highest BCUT2D eigenvalue weighted by Crippen LogP contribution is 2.40. The number of aryl methyl sites for hydroxylation is 1. The van der Waals surface area contributed by atoms with Crippen LogP contribution in [0.5, 0.6) is 0 Å². The summed E-state index contributed by atoms with van der Waals surface area (Å²) in [6, 6.07) is 5.10. The number of benzene rings is 1. The van der Waals surface area contributed by atoms with Gasteiger partial charge in [-0.1, -0.05) is 0 Å². The number of carbonyl (C=O) groups is 1. The molecule has 2 aromatic rings. The summed E-state index contributed by atoms with van der Waals surface area (Å²) in [5.74, 6) is -1.30. The Morgan fingerprint density at radius 3 is 2.68 bits per heavy atom. The third-order valence-corrected chi connectivity index (χ3v) is 6.06. The van der Waals surface area contributed by atoms with Gasteiger partial charge in [0.2, 0.25) is 0 Å². The Bertz CT molecular complexity index is 885. The molecule has 0 aliphatic carbocycles. The molecule has 0 amide bonds. The van der Waals surface area contributed by atoms with Gasteiger partial charge in [0.15, 0.2) is 9.84 Å². The third kappa shape index (κ3) is 2.36. The fraction of sp³-hybridized carbons (Fsp3) is 0.400. The first kappa shape index (κ1) is 15.6. The van der Waals surface area contributed by atoms with Gasteiger partial charge >= 0.3 is 5.97 Å². The number of aromatic nitrogens is 1. The number of sulfone groups is 1. The molecule has 0 saturated heterocycles. The molecular weight excluding hydrogens is 370 g/mol. The van der Waals surface area contributed by atoms with Gasteiger partial charge < -0.3 is 9.67 Å². The topological polar surface area (TPSA) is 76.4 Å². The van der Waals surface area contributed by atoms with Crippen molar-refractivity contribution in [2.75, 3.05) is 6.26 Å². The summed E-state index contributed by atoms with van der Waals surface area (Å²) in [5, 5.41) is 10.1. The van der Waals surface area contributed by atoms with Crippen molar-refractivity contribution in [3.8, 4) is 0 Å². The average molecular weight is 386 g/mol. The van der Waals surface area contributed by atoms with Crippen molar-refractivity contribution in [2.24, 2.45) is 5.92 Å². The minimum Gasteiger partial charge on any atom is -0.481 e. The molecular formula is C15H16BrNO4S. The average Bonchev–Trinajstić information content (AvgIpc) is 2.94. The van der Waals surface area contributed by atoms with Crippen molar-refractivity contribution in [3.05, 3.63) is 28.4 Å². The van der Waals surface area contributed by atoms with Crippen molar-refractivity contribution >= 4 is 42.6 Å². The van der Waals surface area contributed by atoms with Crippen molar-refractivity contribution in [1.82, 2.24) is 4.57 Å². The van der Waals surface area contributed by atoms with Gasteiger partial charge in [-0.2, -0.15) is 0 Å². The van der Waals surface area contributed by atoms with Crippen LogP contribution in [-0.4, -0.2) is 30.3 Å². The van der Waals surface area contributed by atoms with Gasteiger partial charge in [0.1, 0.15) is 0 Å². The first-order chi connectivity index (χ1) is 10.2. The predicted octanol–water partition coefficient (Wildman–Crippen LogP) is 3.02. The Labute approximate surface area is 137 Å². The fourth-order valence-corrected chi connectivity index (χ4v) is 4.69. The lowest BCUT2D eigenvalue weighted by molar-refractivity contribution is -0.142. The van der Waals surface area contributed by atoms with Gasteiger partial charge in [0.25, 0.3) is 0 Å². The highest BCUT2D eigenvalue weighted by Gasteiger charge is 2.33. The van der Waals surface area contributed by atoms with E-state index in [1.807, 2.05) is 10.6 Å². The lowest BCUT2D eigenvalue weighted by Gasteiger charge is -2.20. The van der Waals surface area contributed by atoms with E-state index in [2.05, 4.69) is 15.9 Å². The molecule has 0 fully saturated rings. The van der Waals surface area contributed by atoms with Crippen LogP contribution in [-0.2, 0) is 21.1 Å². The molecule has 0 spiro atoms. The summed E-state index contributed by atoms with van der Waals surface area (Å²) >= 11 is 3.45. The molecule has 5 nitrogen and oxygen atoms in total. The molecule has 7 heteroatoms. The van der Waals surface area contributed by atoms with Crippen LogP contribution in [0.2, 0.25) is 0 Å². The smallest absolute Gasteiger partial charge is 0.308 e. The summed E-state index contributed by atoms with van der Waals surface area (Å²) in [6.45, 7) is 1.71. The molecule has 22 heavy (non-hydrogen) atoms. The summed E-state index contributed by atoms with van der Waals surface area (Å²) in [4.78, 5) is 11.6. The molecule has 0 saturated carbocycles. The SMILES string of the molecule is CC(C(=O)O)C1CCc2cc3cc(S(C)(=O)=O)cc(Br)c3n21. The number of halogens is 1. The summed E-state index contributed by atoms with van der Waals surface area (Å²) in [6.07, 6.45) is 2.77. The molecule has 2 heterocycles. The molecule has 1 aromatic heterocycles. The highest BCUT2D eigenvalue weighted by atomic mass is 79.9. The Morgan fingerprint density at radius 2 is 2.09 bits per heavy atom. The van der Waals surface area contributed by atoms with E-state index in [1.54, 1.807) is 19.1 Å². The van der Waals surface area contributed by atoms with Gasteiger partial charge in [-0.05, 0) is 53.9 Å². The lowest BCUT2D eigenvalue weighted by atomic mass is 9.99. The van der Waals surface area contributed by atoms with Crippen molar-refractivity contribution in [1.29, 1.82) is 0 Å². The third-order valence-electron chi connectivity index (χ3n) is 4.36. The van der Waals surface area contributed by atoms with Gasteiger partial charge in [-0.25, -0.2) is 8.42 Å². The molecule has 2 atom stereocenters. The Kier molecular flexibility index (Phi) is 3.60. The maximum Gasteiger partial charge on any atom is 0.308 e. The zero-order valence-electron chi connectivity index (χ0n) is 12.2. The van der Waals surface area contributed by atoms with Crippen molar-refractivity contribution < 1.29 is 18.3 Å². The number of carboxylic acid groups (broad SMARTS) is 1. The van der Waals surface area contributed by atoms with Gasteiger partial charge in [-0.15, -0.1) is 0 Å². The maximum absolute atomic E-state index is 11.8. The van der Waals surface area contributed by atoms with E-state index in [9.17, 15) is 18.3 Å². The van der Waals surface area contributed by atoms with Crippen LogP contribution < -0.4 is 0 Å². The lowest BCUT2D eigenvalue weighted by Crippen LogP contribution is -2.21. The van der Waals surface area contributed by atoms with E-state index in [1.165, 1.54) is 6.26 Å². The van der Waals surface area contributed by atoms with E-state index < -0.39 is 21.7 Å². The number of nitrogens with zero attached hydrogens (tertiary/aromatic N) is 1. The van der Waals surface area contributed by atoms with E-state index in [4.69, 9.17) is 0 Å². The second kappa shape index (κ2) is 5.09. The number of carboxylic acids is 1. The minimum absolute atomic E-state index is 0.106. The summed E-state index contributed by atoms with van der Waals surface area (Å²) < 4.78 is 26.2. The van der Waals surface area contributed by atoms with Crippen LogP contribution in [0, 0.1) is 5.92 Å². The molecule has 1 aromatic carbocycles. The fourth-order valence-electron chi connectivity index (χ4n) is 3.20. The summed E-state index contributed by atoms with van der Waals surface area (Å²) in [7, 11) is -3.29. The monoisotopic (exact) mass is 385 g/mol. The van der Waals surface area contributed by atoms with Gasteiger partial charge in [0.05, 0.1) is 16.3 Å². The minimum atomic E-state index is -3.29. The molecule has 0 bridgehead atoms. The normalized spacial score (nSPS) is 19.3. The van der Waals surface area contributed by atoms with Crippen LogP contribution in [0.3, 0.4) is 0 Å². The molecule has 0 radical (unpaired) electrons. The quantitative estimate of drug-likeness (QED) is 0.880. The molecule has 2 unspecified atom stereocenters. The molecule has 118 valence electrons. The Balaban J connectivity index is 2.23. The van der Waals surface area contributed by atoms with Crippen LogP contribution in [0.25, 0.3) is 10.9 Å². The number of aliphatic carboxylic acids is 1. The number of hydrogen-bond donors (Lipinski definition) is 1. The van der Waals surface area contributed by atoms with Crippen LogP contribution in [0.4, 0.5) is 0 Å². The van der Waals surface area contributed by atoms with E-state index >= 15 is 0 Å².